The Bertz CT molecular complexity index is 116. The van der Waals surface area contributed by atoms with Crippen LogP contribution in [0.4, 0.5) is 0 Å². The molecule has 0 aromatic carbocycles. The van der Waals surface area contributed by atoms with Gasteiger partial charge in [0, 0.05) is 6.04 Å². The highest BCUT2D eigenvalue weighted by molar-refractivity contribution is 4.83. The summed E-state index contributed by atoms with van der Waals surface area (Å²) >= 11 is 0. The Morgan fingerprint density at radius 2 is 1.75 bits per heavy atom. The minimum Gasteiger partial charge on any atom is -0.327 e. The number of hydrogen-bond donors (Lipinski definition) is 1. The van der Waals surface area contributed by atoms with E-state index in [1.807, 2.05) is 0 Å². The molecule has 0 amide bonds. The molecule has 0 rings (SSSR count). The van der Waals surface area contributed by atoms with Gasteiger partial charge in [-0.25, -0.2) is 0 Å². The summed E-state index contributed by atoms with van der Waals surface area (Å²) in [6.45, 7) is 11.2. The maximum Gasteiger partial charge on any atom is 0.0113 e. The summed E-state index contributed by atoms with van der Waals surface area (Å²) in [7, 11) is 0. The largest absolute Gasteiger partial charge is 0.327 e. The minimum absolute atomic E-state index is 0.310. The number of unbranched alkanes of at least 4 members (excludes halogenated alkanes) is 1. The van der Waals surface area contributed by atoms with Crippen molar-refractivity contribution in [3.05, 3.63) is 0 Å². The maximum atomic E-state index is 6.14. The molecule has 0 aromatic rings. The van der Waals surface area contributed by atoms with Gasteiger partial charge in [0.15, 0.2) is 0 Å². The third-order valence-corrected chi connectivity index (χ3v) is 2.80. The van der Waals surface area contributed by atoms with Gasteiger partial charge in [-0.2, -0.15) is 0 Å². The van der Waals surface area contributed by atoms with Crippen molar-refractivity contribution in [3.63, 3.8) is 0 Å². The molecule has 0 unspecified atom stereocenters. The van der Waals surface area contributed by atoms with Crippen molar-refractivity contribution >= 4 is 0 Å². The highest BCUT2D eigenvalue weighted by Gasteiger charge is 2.27. The van der Waals surface area contributed by atoms with E-state index in [2.05, 4.69) is 34.6 Å². The molecule has 0 radical (unpaired) electrons. The zero-order valence-corrected chi connectivity index (χ0v) is 9.35. The van der Waals surface area contributed by atoms with Gasteiger partial charge in [-0.3, -0.25) is 0 Å². The Labute approximate surface area is 77.7 Å². The smallest absolute Gasteiger partial charge is 0.0113 e. The van der Waals surface area contributed by atoms with Crippen molar-refractivity contribution in [1.29, 1.82) is 0 Å². The fourth-order valence-corrected chi connectivity index (χ4v) is 1.70. The summed E-state index contributed by atoms with van der Waals surface area (Å²) in [4.78, 5) is 0. The highest BCUT2D eigenvalue weighted by atomic mass is 14.7. The van der Waals surface area contributed by atoms with Gasteiger partial charge in [-0.15, -0.1) is 0 Å². The van der Waals surface area contributed by atoms with Crippen LogP contribution in [0.2, 0.25) is 0 Å². The second kappa shape index (κ2) is 4.86. The maximum absolute atomic E-state index is 6.14. The van der Waals surface area contributed by atoms with E-state index in [0.29, 0.717) is 17.4 Å². The van der Waals surface area contributed by atoms with Crippen LogP contribution in [0.1, 0.15) is 53.9 Å². The molecule has 74 valence electrons. The first-order valence-corrected chi connectivity index (χ1v) is 5.17. The molecular weight excluding hydrogens is 146 g/mol. The molecule has 0 fully saturated rings. The Morgan fingerprint density at radius 3 is 2.08 bits per heavy atom. The van der Waals surface area contributed by atoms with E-state index < -0.39 is 0 Å². The Hall–Kier alpha value is -0.0400. The van der Waals surface area contributed by atoms with Crippen LogP contribution < -0.4 is 5.73 Å². The fourth-order valence-electron chi connectivity index (χ4n) is 1.70. The second-order valence-electron chi connectivity index (χ2n) is 4.86. The molecule has 2 N–H and O–H groups in total. The van der Waals surface area contributed by atoms with Crippen LogP contribution in [0.25, 0.3) is 0 Å². The molecule has 0 aliphatic rings. The fraction of sp³-hybridized carbons (Fsp3) is 1.00. The standard InChI is InChI=1S/C11H25N/c1-6-7-8-11(4,5)10(12)9(2)3/h9-10H,6-8,12H2,1-5H3/t10-/m0/s1. The van der Waals surface area contributed by atoms with Crippen molar-refractivity contribution in [2.75, 3.05) is 0 Å². The molecular formula is C11H25N. The molecule has 0 aromatic heterocycles. The van der Waals surface area contributed by atoms with Crippen molar-refractivity contribution in [3.8, 4) is 0 Å². The van der Waals surface area contributed by atoms with E-state index in [-0.39, 0.29) is 0 Å². The predicted octanol–water partition coefficient (Wildman–Crippen LogP) is 3.19. The first kappa shape index (κ1) is 12.0. The van der Waals surface area contributed by atoms with Gasteiger partial charge in [0.25, 0.3) is 0 Å². The third kappa shape index (κ3) is 3.57. The van der Waals surface area contributed by atoms with Crippen molar-refractivity contribution in [2.24, 2.45) is 17.1 Å². The van der Waals surface area contributed by atoms with E-state index in [9.17, 15) is 0 Å². The van der Waals surface area contributed by atoms with Gasteiger partial charge in [-0.1, -0.05) is 47.5 Å². The molecule has 12 heavy (non-hydrogen) atoms. The average Bonchev–Trinajstić information content (AvgIpc) is 1.99. The van der Waals surface area contributed by atoms with E-state index in [1.54, 1.807) is 0 Å². The highest BCUT2D eigenvalue weighted by Crippen LogP contribution is 2.29. The van der Waals surface area contributed by atoms with E-state index in [0.717, 1.165) is 0 Å². The molecule has 0 saturated carbocycles. The summed E-state index contributed by atoms with van der Waals surface area (Å²) in [6, 6.07) is 0.337. The van der Waals surface area contributed by atoms with Crippen LogP contribution in [-0.4, -0.2) is 6.04 Å². The summed E-state index contributed by atoms with van der Waals surface area (Å²) in [5.74, 6) is 0.594. The van der Waals surface area contributed by atoms with Crippen LogP contribution in [-0.2, 0) is 0 Å². The summed E-state index contributed by atoms with van der Waals surface area (Å²) in [6.07, 6.45) is 3.82. The van der Waals surface area contributed by atoms with Gasteiger partial charge in [0.2, 0.25) is 0 Å². The summed E-state index contributed by atoms with van der Waals surface area (Å²) in [5.41, 5.74) is 6.44. The van der Waals surface area contributed by atoms with Gasteiger partial charge in [0.05, 0.1) is 0 Å². The second-order valence-corrected chi connectivity index (χ2v) is 4.86. The zero-order chi connectivity index (χ0) is 9.78. The van der Waals surface area contributed by atoms with Gasteiger partial charge in [0.1, 0.15) is 0 Å². The molecule has 0 aliphatic carbocycles. The lowest BCUT2D eigenvalue weighted by molar-refractivity contribution is 0.210. The minimum atomic E-state index is 0.310. The van der Waals surface area contributed by atoms with Crippen LogP contribution in [0.15, 0.2) is 0 Å². The SMILES string of the molecule is CCCCC(C)(C)[C@@H](N)C(C)C. The lowest BCUT2D eigenvalue weighted by Gasteiger charge is -2.34. The molecule has 1 nitrogen and oxygen atoms in total. The van der Waals surface area contributed by atoms with E-state index in [1.165, 1.54) is 19.3 Å². The number of nitrogens with two attached hydrogens (primary N) is 1. The van der Waals surface area contributed by atoms with E-state index >= 15 is 0 Å². The molecule has 1 atom stereocenters. The monoisotopic (exact) mass is 171 g/mol. The zero-order valence-electron chi connectivity index (χ0n) is 9.35. The quantitative estimate of drug-likeness (QED) is 0.675. The van der Waals surface area contributed by atoms with Crippen molar-refractivity contribution in [1.82, 2.24) is 0 Å². The number of hydrogen-bond acceptors (Lipinski definition) is 1. The number of rotatable bonds is 5. The van der Waals surface area contributed by atoms with E-state index in [4.69, 9.17) is 5.73 Å². The first-order valence-electron chi connectivity index (χ1n) is 5.17. The van der Waals surface area contributed by atoms with Crippen LogP contribution >= 0.6 is 0 Å². The Kier molecular flexibility index (Phi) is 4.84. The molecule has 0 spiro atoms. The molecule has 0 aliphatic heterocycles. The summed E-state index contributed by atoms with van der Waals surface area (Å²) < 4.78 is 0. The molecule has 1 heteroatoms. The van der Waals surface area contributed by atoms with Crippen molar-refractivity contribution < 1.29 is 0 Å². The molecule has 0 saturated heterocycles. The average molecular weight is 171 g/mol. The Morgan fingerprint density at radius 1 is 1.25 bits per heavy atom. The Balaban J connectivity index is 3.99. The molecule has 0 heterocycles. The van der Waals surface area contributed by atoms with Crippen molar-refractivity contribution in [2.45, 2.75) is 59.9 Å². The summed E-state index contributed by atoms with van der Waals surface area (Å²) in [5, 5.41) is 0. The van der Waals surface area contributed by atoms with Crippen LogP contribution in [0, 0.1) is 11.3 Å². The van der Waals surface area contributed by atoms with Gasteiger partial charge in [-0.05, 0) is 17.8 Å². The first-order chi connectivity index (χ1) is 5.41. The molecule has 0 bridgehead atoms. The van der Waals surface area contributed by atoms with Crippen LogP contribution in [0.3, 0.4) is 0 Å². The normalized spacial score (nSPS) is 15.2. The third-order valence-electron chi connectivity index (χ3n) is 2.80. The van der Waals surface area contributed by atoms with Gasteiger partial charge < -0.3 is 5.73 Å². The van der Waals surface area contributed by atoms with Crippen LogP contribution in [0.5, 0.6) is 0 Å². The lowest BCUT2D eigenvalue weighted by atomic mass is 9.76. The van der Waals surface area contributed by atoms with Gasteiger partial charge >= 0.3 is 0 Å². The lowest BCUT2D eigenvalue weighted by Crippen LogP contribution is -2.41. The predicted molar refractivity (Wildman–Crippen MR) is 56.1 cm³/mol. The topological polar surface area (TPSA) is 26.0 Å².